The Morgan fingerprint density at radius 2 is 1.72 bits per heavy atom. The van der Waals surface area contributed by atoms with Gasteiger partial charge in [0.1, 0.15) is 28.6 Å². The van der Waals surface area contributed by atoms with Crippen molar-refractivity contribution in [2.24, 2.45) is 0 Å². The number of aromatic nitrogens is 4. The van der Waals surface area contributed by atoms with E-state index in [2.05, 4.69) is 19.7 Å². The van der Waals surface area contributed by atoms with E-state index >= 15 is 0 Å². The van der Waals surface area contributed by atoms with E-state index in [0.29, 0.717) is 29.0 Å². The quantitative estimate of drug-likeness (QED) is 0.434. The first kappa shape index (κ1) is 21.8. The van der Waals surface area contributed by atoms with Crippen LogP contribution in [0, 0.1) is 20.8 Å². The van der Waals surface area contributed by atoms with Crippen molar-refractivity contribution in [3.63, 3.8) is 0 Å². The monoisotopic (exact) mass is 469 g/mol. The highest BCUT2D eigenvalue weighted by atomic mass is 35.5. The van der Waals surface area contributed by atoms with Crippen LogP contribution in [0.3, 0.4) is 0 Å². The Bertz CT molecular complexity index is 1390. The van der Waals surface area contributed by atoms with Gasteiger partial charge >= 0.3 is 0 Å². The van der Waals surface area contributed by atoms with Gasteiger partial charge in [-0.2, -0.15) is 4.98 Å². The number of ether oxygens (including phenoxy) is 1. The molecule has 0 aliphatic rings. The number of aryl methyl sites for hydroxylation is 2. The van der Waals surface area contributed by atoms with E-state index in [-0.39, 0.29) is 9.92 Å². The molecule has 32 heavy (non-hydrogen) atoms. The average Bonchev–Trinajstić information content (AvgIpc) is 3.07. The van der Waals surface area contributed by atoms with Gasteiger partial charge in [-0.1, -0.05) is 23.7 Å². The van der Waals surface area contributed by atoms with Gasteiger partial charge in [-0.05, 0) is 57.2 Å². The Kier molecular flexibility index (Phi) is 5.86. The molecule has 0 bridgehead atoms. The summed E-state index contributed by atoms with van der Waals surface area (Å²) in [6.45, 7) is 5.67. The number of anilines is 1. The van der Waals surface area contributed by atoms with E-state index in [1.165, 1.54) is 12.1 Å². The van der Waals surface area contributed by atoms with Crippen LogP contribution in [-0.2, 0) is 10.0 Å². The minimum Gasteiger partial charge on any atom is -0.439 e. The second kappa shape index (κ2) is 8.60. The van der Waals surface area contributed by atoms with Gasteiger partial charge < -0.3 is 4.74 Å². The van der Waals surface area contributed by atoms with Gasteiger partial charge in [-0.25, -0.2) is 18.4 Å². The van der Waals surface area contributed by atoms with E-state index < -0.39 is 10.0 Å². The predicted octanol–water partition coefficient (Wildman–Crippen LogP) is 4.83. The Morgan fingerprint density at radius 3 is 2.38 bits per heavy atom. The molecule has 4 rings (SSSR count). The maximum Gasteiger partial charge on any atom is 0.263 e. The van der Waals surface area contributed by atoms with Crippen molar-refractivity contribution in [1.82, 2.24) is 19.5 Å². The van der Waals surface area contributed by atoms with Crippen molar-refractivity contribution in [2.45, 2.75) is 25.7 Å². The SMILES string of the molecule is Cc1nc(Oc2ccc(NS(=O)(=O)c3ccccc3Cl)cc2)cc(-n2cnc(C)c2C)n1. The van der Waals surface area contributed by atoms with E-state index in [9.17, 15) is 8.42 Å². The zero-order chi connectivity index (χ0) is 22.9. The molecular weight excluding hydrogens is 450 g/mol. The average molecular weight is 470 g/mol. The molecule has 1 N–H and O–H groups in total. The fourth-order valence-corrected chi connectivity index (χ4v) is 4.59. The highest BCUT2D eigenvalue weighted by molar-refractivity contribution is 7.92. The van der Waals surface area contributed by atoms with Gasteiger partial charge in [-0.15, -0.1) is 0 Å². The molecule has 2 aromatic heterocycles. The summed E-state index contributed by atoms with van der Waals surface area (Å²) in [4.78, 5) is 13.1. The molecule has 0 saturated carbocycles. The van der Waals surface area contributed by atoms with Gasteiger partial charge in [0, 0.05) is 17.4 Å². The minimum absolute atomic E-state index is 0.0102. The number of hydrogen-bond acceptors (Lipinski definition) is 6. The van der Waals surface area contributed by atoms with Crippen molar-refractivity contribution in [1.29, 1.82) is 0 Å². The summed E-state index contributed by atoms with van der Waals surface area (Å²) in [6, 6.07) is 14.5. The van der Waals surface area contributed by atoms with Gasteiger partial charge in [-0.3, -0.25) is 9.29 Å². The summed E-state index contributed by atoms with van der Waals surface area (Å²) in [7, 11) is -3.81. The lowest BCUT2D eigenvalue weighted by atomic mass is 10.3. The number of halogens is 1. The highest BCUT2D eigenvalue weighted by Crippen LogP contribution is 2.26. The van der Waals surface area contributed by atoms with Crippen molar-refractivity contribution < 1.29 is 13.2 Å². The van der Waals surface area contributed by atoms with E-state index in [4.69, 9.17) is 16.3 Å². The number of hydrogen-bond donors (Lipinski definition) is 1. The topological polar surface area (TPSA) is 99.0 Å². The second-order valence-corrected chi connectivity index (χ2v) is 9.12. The third-order valence-electron chi connectivity index (χ3n) is 4.75. The van der Waals surface area contributed by atoms with Crippen molar-refractivity contribution in [3.05, 3.63) is 83.2 Å². The summed E-state index contributed by atoms with van der Waals surface area (Å²) in [6.07, 6.45) is 1.70. The summed E-state index contributed by atoms with van der Waals surface area (Å²) in [5.41, 5.74) is 2.27. The van der Waals surface area contributed by atoms with Crippen LogP contribution in [0.5, 0.6) is 11.6 Å². The van der Waals surface area contributed by atoms with Crippen LogP contribution >= 0.6 is 11.6 Å². The highest BCUT2D eigenvalue weighted by Gasteiger charge is 2.17. The zero-order valence-electron chi connectivity index (χ0n) is 17.6. The first-order valence-corrected chi connectivity index (χ1v) is 11.5. The van der Waals surface area contributed by atoms with Crippen LogP contribution in [-0.4, -0.2) is 27.9 Å². The van der Waals surface area contributed by atoms with E-state index in [1.807, 2.05) is 18.4 Å². The summed E-state index contributed by atoms with van der Waals surface area (Å²) < 4.78 is 35.4. The van der Waals surface area contributed by atoms with Crippen LogP contribution < -0.4 is 9.46 Å². The molecule has 0 aliphatic heterocycles. The number of nitrogens with one attached hydrogen (secondary N) is 1. The molecule has 4 aromatic rings. The fourth-order valence-electron chi connectivity index (χ4n) is 3.02. The van der Waals surface area contributed by atoms with Crippen LogP contribution in [0.1, 0.15) is 17.2 Å². The molecule has 2 aromatic carbocycles. The molecule has 0 unspecified atom stereocenters. The van der Waals surface area contributed by atoms with Crippen LogP contribution in [0.2, 0.25) is 5.02 Å². The number of nitrogens with zero attached hydrogens (tertiary/aromatic N) is 4. The molecule has 2 heterocycles. The van der Waals surface area contributed by atoms with Crippen LogP contribution in [0.25, 0.3) is 5.82 Å². The Labute approximate surface area is 191 Å². The lowest BCUT2D eigenvalue weighted by Crippen LogP contribution is -2.13. The molecule has 0 aliphatic carbocycles. The van der Waals surface area contributed by atoms with Gasteiger partial charge in [0.15, 0.2) is 0 Å². The summed E-state index contributed by atoms with van der Waals surface area (Å²) >= 11 is 6.01. The maximum absolute atomic E-state index is 12.6. The first-order chi connectivity index (χ1) is 15.2. The molecule has 0 amide bonds. The van der Waals surface area contributed by atoms with Gasteiger partial charge in [0.25, 0.3) is 10.0 Å². The molecule has 0 radical (unpaired) electrons. The fraction of sp³-hybridized carbons (Fsp3) is 0.136. The number of imidazole rings is 1. The number of sulfonamides is 1. The van der Waals surface area contributed by atoms with Gasteiger partial charge in [0.05, 0.1) is 10.7 Å². The first-order valence-electron chi connectivity index (χ1n) is 9.65. The van der Waals surface area contributed by atoms with Gasteiger partial charge in [0.2, 0.25) is 5.88 Å². The number of rotatable bonds is 6. The lowest BCUT2D eigenvalue weighted by Gasteiger charge is -2.11. The van der Waals surface area contributed by atoms with Crippen LogP contribution in [0.15, 0.2) is 65.8 Å². The molecule has 0 saturated heterocycles. The van der Waals surface area contributed by atoms with Crippen molar-refractivity contribution >= 4 is 27.3 Å². The summed E-state index contributed by atoms with van der Waals surface area (Å²) in [5, 5.41) is 0.151. The third kappa shape index (κ3) is 4.58. The predicted molar refractivity (Wildman–Crippen MR) is 122 cm³/mol. The normalized spacial score (nSPS) is 11.4. The van der Waals surface area contributed by atoms with Crippen LogP contribution in [0.4, 0.5) is 5.69 Å². The molecule has 164 valence electrons. The zero-order valence-corrected chi connectivity index (χ0v) is 19.1. The Hall–Kier alpha value is -3.43. The largest absolute Gasteiger partial charge is 0.439 e. The lowest BCUT2D eigenvalue weighted by molar-refractivity contribution is 0.459. The standard InChI is InChI=1S/C22H20ClN5O3S/c1-14-15(2)28(13-24-14)21-12-22(26-16(3)25-21)31-18-10-8-17(9-11-18)27-32(29,30)20-7-5-4-6-19(20)23/h4-13,27H,1-3H3. The molecule has 10 heteroatoms. The molecule has 0 atom stereocenters. The Balaban J connectivity index is 1.53. The molecule has 0 spiro atoms. The molecular formula is C22H20ClN5O3S. The van der Waals surface area contributed by atoms with E-state index in [1.54, 1.807) is 55.7 Å². The second-order valence-electron chi connectivity index (χ2n) is 7.06. The molecule has 8 nitrogen and oxygen atoms in total. The smallest absolute Gasteiger partial charge is 0.263 e. The van der Waals surface area contributed by atoms with Crippen molar-refractivity contribution in [3.8, 4) is 17.4 Å². The minimum atomic E-state index is -3.81. The number of benzene rings is 2. The summed E-state index contributed by atoms with van der Waals surface area (Å²) in [5.74, 6) is 2.05. The molecule has 0 fully saturated rings. The van der Waals surface area contributed by atoms with Crippen molar-refractivity contribution in [2.75, 3.05) is 4.72 Å². The maximum atomic E-state index is 12.6. The third-order valence-corrected chi connectivity index (χ3v) is 6.64. The Morgan fingerprint density at radius 1 is 1.00 bits per heavy atom. The van der Waals surface area contributed by atoms with E-state index in [0.717, 1.165) is 11.4 Å².